The number of carbonyl (C=O) groups is 2. The van der Waals surface area contributed by atoms with Gasteiger partial charge in [0.15, 0.2) is 0 Å². The number of ketones is 1. The minimum Gasteiger partial charge on any atom is -0.351 e. The first-order valence-electron chi connectivity index (χ1n) is 6.23. The van der Waals surface area contributed by atoms with Crippen molar-refractivity contribution in [2.45, 2.75) is 45.6 Å². The van der Waals surface area contributed by atoms with Gasteiger partial charge >= 0.3 is 0 Å². The predicted octanol–water partition coefficient (Wildman–Crippen LogP) is 2.49. The van der Waals surface area contributed by atoms with Crippen LogP contribution >= 0.6 is 0 Å². The molecule has 18 heavy (non-hydrogen) atoms. The normalized spacial score (nSPS) is 11.1. The van der Waals surface area contributed by atoms with Gasteiger partial charge in [-0.05, 0) is 39.2 Å². The van der Waals surface area contributed by atoms with Crippen LogP contribution in [0.15, 0.2) is 30.3 Å². The van der Waals surface area contributed by atoms with Gasteiger partial charge in [0.05, 0.1) is 6.42 Å². The minimum absolute atomic E-state index is 0.0330. The molecule has 1 N–H and O–H groups in total. The third-order valence-corrected chi connectivity index (χ3v) is 2.77. The van der Waals surface area contributed by atoms with Crippen molar-refractivity contribution in [3.8, 4) is 0 Å². The van der Waals surface area contributed by atoms with E-state index in [0.717, 1.165) is 12.8 Å². The molecule has 98 valence electrons. The van der Waals surface area contributed by atoms with E-state index in [0.29, 0.717) is 0 Å². The van der Waals surface area contributed by atoms with Crippen LogP contribution in [0.1, 0.15) is 39.2 Å². The number of amides is 1. The monoisotopic (exact) mass is 247 g/mol. The second-order valence-electron chi connectivity index (χ2n) is 5.30. The van der Waals surface area contributed by atoms with E-state index >= 15 is 0 Å². The zero-order valence-corrected chi connectivity index (χ0v) is 11.3. The Kier molecular flexibility index (Phi) is 5.08. The lowest BCUT2D eigenvalue weighted by atomic mass is 9.95. The number of benzene rings is 1. The fraction of sp³-hybridized carbons (Fsp3) is 0.467. The first-order chi connectivity index (χ1) is 8.39. The minimum atomic E-state index is -0.289. The summed E-state index contributed by atoms with van der Waals surface area (Å²) in [6.45, 7) is 5.39. The van der Waals surface area contributed by atoms with E-state index in [4.69, 9.17) is 0 Å². The van der Waals surface area contributed by atoms with Gasteiger partial charge in [-0.25, -0.2) is 0 Å². The van der Waals surface area contributed by atoms with Crippen LogP contribution in [-0.2, 0) is 16.0 Å². The molecule has 3 nitrogen and oxygen atoms in total. The van der Waals surface area contributed by atoms with Crippen molar-refractivity contribution < 1.29 is 9.59 Å². The van der Waals surface area contributed by atoms with Crippen LogP contribution in [0.25, 0.3) is 0 Å². The van der Waals surface area contributed by atoms with Crippen molar-refractivity contribution in [2.24, 2.45) is 0 Å². The molecular weight excluding hydrogens is 226 g/mol. The van der Waals surface area contributed by atoms with Crippen LogP contribution < -0.4 is 5.32 Å². The summed E-state index contributed by atoms with van der Waals surface area (Å²) < 4.78 is 0. The van der Waals surface area contributed by atoms with E-state index in [1.54, 1.807) is 0 Å². The quantitative estimate of drug-likeness (QED) is 0.785. The summed E-state index contributed by atoms with van der Waals surface area (Å²) in [6.07, 6.45) is 1.73. The maximum Gasteiger partial charge on any atom is 0.227 e. The number of nitrogens with one attached hydrogen (secondary N) is 1. The molecule has 0 heterocycles. The molecule has 1 aromatic carbocycles. The molecule has 0 saturated heterocycles. The highest BCUT2D eigenvalue weighted by Crippen LogP contribution is 2.13. The Morgan fingerprint density at radius 2 is 1.78 bits per heavy atom. The summed E-state index contributed by atoms with van der Waals surface area (Å²) in [5, 5.41) is 2.90. The van der Waals surface area contributed by atoms with Crippen LogP contribution in [0.2, 0.25) is 0 Å². The van der Waals surface area contributed by atoms with E-state index < -0.39 is 0 Å². The number of hydrogen-bond acceptors (Lipinski definition) is 2. The first-order valence-corrected chi connectivity index (χ1v) is 6.23. The Labute approximate surface area is 109 Å². The van der Waals surface area contributed by atoms with Crippen LogP contribution in [0.5, 0.6) is 0 Å². The molecule has 0 aliphatic carbocycles. The van der Waals surface area contributed by atoms with Crippen LogP contribution in [0.4, 0.5) is 0 Å². The zero-order valence-electron chi connectivity index (χ0n) is 11.3. The van der Waals surface area contributed by atoms with E-state index in [1.165, 1.54) is 12.5 Å². The summed E-state index contributed by atoms with van der Waals surface area (Å²) in [7, 11) is 0. The number of aryl methyl sites for hydroxylation is 1. The Morgan fingerprint density at radius 3 is 2.33 bits per heavy atom. The van der Waals surface area contributed by atoms with Crippen LogP contribution in [-0.4, -0.2) is 17.2 Å². The molecule has 0 aromatic heterocycles. The number of carbonyl (C=O) groups excluding carboxylic acids is 2. The molecule has 0 fully saturated rings. The highest BCUT2D eigenvalue weighted by Gasteiger charge is 2.20. The topological polar surface area (TPSA) is 46.2 Å². The first kappa shape index (κ1) is 14.4. The molecule has 0 aliphatic heterocycles. The summed E-state index contributed by atoms with van der Waals surface area (Å²) >= 11 is 0. The summed E-state index contributed by atoms with van der Waals surface area (Å²) in [5.74, 6) is -0.299. The standard InChI is InChI=1S/C15H21NO2/c1-12(17)11-14(18)16-15(2,3)10-9-13-7-5-4-6-8-13/h4-8H,9-11H2,1-3H3,(H,16,18). The molecule has 0 atom stereocenters. The molecule has 0 saturated carbocycles. The maximum absolute atomic E-state index is 11.5. The maximum atomic E-state index is 11.5. The van der Waals surface area contributed by atoms with Crippen LogP contribution in [0.3, 0.4) is 0 Å². The largest absolute Gasteiger partial charge is 0.351 e. The van der Waals surface area contributed by atoms with E-state index in [1.807, 2.05) is 32.0 Å². The molecule has 1 aromatic rings. The van der Waals surface area contributed by atoms with Gasteiger partial charge < -0.3 is 5.32 Å². The van der Waals surface area contributed by atoms with Gasteiger partial charge in [0.2, 0.25) is 5.91 Å². The Balaban J connectivity index is 2.44. The molecule has 1 amide bonds. The van der Waals surface area contributed by atoms with Gasteiger partial charge in [0.1, 0.15) is 5.78 Å². The van der Waals surface area contributed by atoms with E-state index in [2.05, 4.69) is 17.4 Å². The molecule has 1 rings (SSSR count). The van der Waals surface area contributed by atoms with Crippen molar-refractivity contribution in [3.05, 3.63) is 35.9 Å². The number of rotatable bonds is 6. The molecule has 0 radical (unpaired) electrons. The average molecular weight is 247 g/mol. The van der Waals surface area contributed by atoms with E-state index in [9.17, 15) is 9.59 Å². The van der Waals surface area contributed by atoms with Crippen molar-refractivity contribution in [3.63, 3.8) is 0 Å². The second-order valence-corrected chi connectivity index (χ2v) is 5.30. The van der Waals surface area contributed by atoms with Crippen molar-refractivity contribution >= 4 is 11.7 Å². The highest BCUT2D eigenvalue weighted by atomic mass is 16.2. The Bertz CT molecular complexity index is 410. The fourth-order valence-electron chi connectivity index (χ4n) is 1.81. The molecule has 0 spiro atoms. The van der Waals surface area contributed by atoms with Gasteiger partial charge in [-0.15, -0.1) is 0 Å². The second kappa shape index (κ2) is 6.34. The molecule has 0 unspecified atom stereocenters. The highest BCUT2D eigenvalue weighted by molar-refractivity contribution is 5.97. The average Bonchev–Trinajstić information content (AvgIpc) is 2.26. The Hall–Kier alpha value is -1.64. The summed E-state index contributed by atoms with van der Waals surface area (Å²) in [5.41, 5.74) is 0.967. The summed E-state index contributed by atoms with van der Waals surface area (Å²) in [4.78, 5) is 22.4. The van der Waals surface area contributed by atoms with Gasteiger partial charge in [-0.1, -0.05) is 30.3 Å². The van der Waals surface area contributed by atoms with Gasteiger partial charge in [0, 0.05) is 5.54 Å². The van der Waals surface area contributed by atoms with Gasteiger partial charge in [-0.2, -0.15) is 0 Å². The smallest absolute Gasteiger partial charge is 0.227 e. The van der Waals surface area contributed by atoms with Crippen molar-refractivity contribution in [1.29, 1.82) is 0 Å². The summed E-state index contributed by atoms with van der Waals surface area (Å²) in [6, 6.07) is 10.2. The third kappa shape index (κ3) is 5.62. The van der Waals surface area contributed by atoms with Crippen LogP contribution in [0, 0.1) is 0 Å². The fourth-order valence-corrected chi connectivity index (χ4v) is 1.81. The zero-order chi connectivity index (χ0) is 13.6. The van der Waals surface area contributed by atoms with Gasteiger partial charge in [0.25, 0.3) is 0 Å². The predicted molar refractivity (Wildman–Crippen MR) is 72.3 cm³/mol. The number of hydrogen-bond donors (Lipinski definition) is 1. The van der Waals surface area contributed by atoms with Crippen molar-refractivity contribution in [2.75, 3.05) is 0 Å². The van der Waals surface area contributed by atoms with E-state index in [-0.39, 0.29) is 23.7 Å². The third-order valence-electron chi connectivity index (χ3n) is 2.77. The molecule has 0 aliphatic rings. The van der Waals surface area contributed by atoms with Gasteiger partial charge in [-0.3, -0.25) is 9.59 Å². The lowest BCUT2D eigenvalue weighted by Gasteiger charge is -2.26. The lowest BCUT2D eigenvalue weighted by molar-refractivity contribution is -0.128. The molecule has 3 heteroatoms. The Morgan fingerprint density at radius 1 is 1.17 bits per heavy atom. The van der Waals surface area contributed by atoms with Crippen molar-refractivity contribution in [1.82, 2.24) is 5.32 Å². The molecule has 0 bridgehead atoms. The SMILES string of the molecule is CC(=O)CC(=O)NC(C)(C)CCc1ccccc1. The molecular formula is C15H21NO2. The number of Topliss-reactive ketones (excluding diaryl/α,β-unsaturated/α-hetero) is 1. The lowest BCUT2D eigenvalue weighted by Crippen LogP contribution is -2.44.